The molecule has 1 aromatic carbocycles. The van der Waals surface area contributed by atoms with Crippen LogP contribution in [0.4, 0.5) is 0 Å². The molecule has 0 atom stereocenters. The Morgan fingerprint density at radius 2 is 1.82 bits per heavy atom. The van der Waals surface area contributed by atoms with Crippen LogP contribution in [0.2, 0.25) is 0 Å². The molecule has 1 aromatic heterocycles. The highest BCUT2D eigenvalue weighted by Crippen LogP contribution is 2.23. The Labute approximate surface area is 101 Å². The maximum atomic E-state index is 11.8. The molecule has 1 heterocycles. The second kappa shape index (κ2) is 5.00. The Morgan fingerprint density at radius 3 is 2.47 bits per heavy atom. The predicted molar refractivity (Wildman–Crippen MR) is 67.9 cm³/mol. The van der Waals surface area contributed by atoms with Crippen molar-refractivity contribution < 1.29 is 9.21 Å². The first-order valence-electron chi connectivity index (χ1n) is 5.85. The fourth-order valence-corrected chi connectivity index (χ4v) is 1.72. The molecule has 0 saturated heterocycles. The molecular weight excluding hydrogens is 212 g/mol. The van der Waals surface area contributed by atoms with Crippen molar-refractivity contribution in [2.45, 2.75) is 20.3 Å². The van der Waals surface area contributed by atoms with Gasteiger partial charge in [0.1, 0.15) is 5.76 Å². The normalized spacial score (nSPS) is 10.8. The van der Waals surface area contributed by atoms with Crippen molar-refractivity contribution in [3.05, 3.63) is 48.2 Å². The Bertz CT molecular complexity index is 495. The van der Waals surface area contributed by atoms with E-state index in [2.05, 4.69) is 0 Å². The molecule has 0 amide bonds. The zero-order valence-electron chi connectivity index (χ0n) is 10.1. The van der Waals surface area contributed by atoms with E-state index in [1.165, 1.54) is 0 Å². The van der Waals surface area contributed by atoms with Crippen LogP contribution >= 0.6 is 0 Å². The summed E-state index contributed by atoms with van der Waals surface area (Å²) in [7, 11) is 0. The van der Waals surface area contributed by atoms with Crippen molar-refractivity contribution in [1.29, 1.82) is 0 Å². The van der Waals surface area contributed by atoms with Crippen molar-refractivity contribution >= 4 is 5.78 Å². The number of carbonyl (C=O) groups is 1. The van der Waals surface area contributed by atoms with Gasteiger partial charge in [-0.15, -0.1) is 0 Å². The Kier molecular flexibility index (Phi) is 3.43. The van der Waals surface area contributed by atoms with E-state index in [9.17, 15) is 4.79 Å². The van der Waals surface area contributed by atoms with E-state index < -0.39 is 0 Å². The van der Waals surface area contributed by atoms with E-state index >= 15 is 0 Å². The van der Waals surface area contributed by atoms with Gasteiger partial charge in [0.2, 0.25) is 0 Å². The van der Waals surface area contributed by atoms with E-state index in [0.29, 0.717) is 18.1 Å². The first kappa shape index (κ1) is 11.6. The van der Waals surface area contributed by atoms with Crippen LogP contribution in [0.15, 0.2) is 46.9 Å². The zero-order chi connectivity index (χ0) is 12.3. The Morgan fingerprint density at radius 1 is 1.12 bits per heavy atom. The largest absolute Gasteiger partial charge is 0.453 e. The minimum absolute atomic E-state index is 0.0715. The van der Waals surface area contributed by atoms with Crippen molar-refractivity contribution in [3.63, 3.8) is 0 Å². The van der Waals surface area contributed by atoms with Crippen molar-refractivity contribution in [3.8, 4) is 11.3 Å². The van der Waals surface area contributed by atoms with Crippen LogP contribution in [0.25, 0.3) is 11.3 Å². The first-order valence-corrected chi connectivity index (χ1v) is 5.85. The molecule has 0 aliphatic heterocycles. The zero-order valence-corrected chi connectivity index (χ0v) is 10.1. The average Bonchev–Trinajstić information content (AvgIpc) is 2.78. The second-order valence-electron chi connectivity index (χ2n) is 4.55. The van der Waals surface area contributed by atoms with Gasteiger partial charge in [0.15, 0.2) is 11.5 Å². The Hall–Kier alpha value is -1.83. The highest BCUT2D eigenvalue weighted by atomic mass is 16.3. The summed E-state index contributed by atoms with van der Waals surface area (Å²) in [5.74, 6) is 1.63. The molecule has 2 rings (SSSR count). The number of carbonyl (C=O) groups excluding carboxylic acids is 1. The van der Waals surface area contributed by atoms with Crippen LogP contribution < -0.4 is 0 Å². The van der Waals surface area contributed by atoms with Gasteiger partial charge in [-0.25, -0.2) is 0 Å². The number of benzene rings is 1. The molecule has 0 N–H and O–H groups in total. The highest BCUT2D eigenvalue weighted by Gasteiger charge is 2.13. The van der Waals surface area contributed by atoms with E-state index in [4.69, 9.17) is 4.42 Å². The lowest BCUT2D eigenvalue weighted by Crippen LogP contribution is -2.01. The van der Waals surface area contributed by atoms with Gasteiger partial charge < -0.3 is 4.42 Å². The third-order valence-electron chi connectivity index (χ3n) is 2.53. The molecule has 2 aromatic rings. The van der Waals surface area contributed by atoms with Crippen molar-refractivity contribution in [1.82, 2.24) is 0 Å². The second-order valence-corrected chi connectivity index (χ2v) is 4.55. The molecule has 0 bridgehead atoms. The number of ketones is 1. The smallest absolute Gasteiger partial charge is 0.198 e. The summed E-state index contributed by atoms with van der Waals surface area (Å²) in [6.45, 7) is 4.05. The van der Waals surface area contributed by atoms with Crippen molar-refractivity contribution in [2.24, 2.45) is 5.92 Å². The molecule has 0 spiro atoms. The van der Waals surface area contributed by atoms with E-state index in [1.807, 2.05) is 50.2 Å². The number of hydrogen-bond acceptors (Lipinski definition) is 2. The molecule has 2 heteroatoms. The van der Waals surface area contributed by atoms with Crippen LogP contribution in [0.1, 0.15) is 30.8 Å². The SMILES string of the molecule is CC(C)CC(=O)c1ccc(-c2ccccc2)o1. The van der Waals surface area contributed by atoms with Gasteiger partial charge in [-0.2, -0.15) is 0 Å². The molecule has 0 aliphatic rings. The van der Waals surface area contributed by atoms with Crippen molar-refractivity contribution in [2.75, 3.05) is 0 Å². The van der Waals surface area contributed by atoms with Gasteiger partial charge in [0, 0.05) is 12.0 Å². The molecular formula is C15H16O2. The van der Waals surface area contributed by atoms with Crippen LogP contribution in [-0.4, -0.2) is 5.78 Å². The Balaban J connectivity index is 2.19. The summed E-state index contributed by atoms with van der Waals surface area (Å²) in [5.41, 5.74) is 0.996. The maximum Gasteiger partial charge on any atom is 0.198 e. The first-order chi connectivity index (χ1) is 8.16. The summed E-state index contributed by atoms with van der Waals surface area (Å²) < 4.78 is 5.58. The molecule has 0 saturated carbocycles. The number of rotatable bonds is 4. The lowest BCUT2D eigenvalue weighted by Gasteiger charge is -2.00. The van der Waals surface area contributed by atoms with Crippen LogP contribution in [0, 0.1) is 5.92 Å². The lowest BCUT2D eigenvalue weighted by atomic mass is 10.1. The summed E-state index contributed by atoms with van der Waals surface area (Å²) in [6, 6.07) is 13.4. The predicted octanol–water partition coefficient (Wildman–Crippen LogP) is 4.18. The van der Waals surface area contributed by atoms with E-state index in [1.54, 1.807) is 6.07 Å². The highest BCUT2D eigenvalue weighted by molar-refractivity contribution is 5.94. The van der Waals surface area contributed by atoms with Crippen LogP contribution in [-0.2, 0) is 0 Å². The third kappa shape index (κ3) is 2.84. The third-order valence-corrected chi connectivity index (χ3v) is 2.53. The van der Waals surface area contributed by atoms with Gasteiger partial charge in [-0.3, -0.25) is 4.79 Å². The summed E-state index contributed by atoms with van der Waals surface area (Å²) >= 11 is 0. The average molecular weight is 228 g/mol. The standard InChI is InChI=1S/C15H16O2/c1-11(2)10-13(16)15-9-8-14(17-15)12-6-4-3-5-7-12/h3-9,11H,10H2,1-2H3. The fourth-order valence-electron chi connectivity index (χ4n) is 1.72. The minimum Gasteiger partial charge on any atom is -0.453 e. The molecule has 0 radical (unpaired) electrons. The van der Waals surface area contributed by atoms with Crippen LogP contribution in [0.5, 0.6) is 0 Å². The van der Waals surface area contributed by atoms with Gasteiger partial charge in [0.25, 0.3) is 0 Å². The summed E-state index contributed by atoms with van der Waals surface area (Å²) in [4.78, 5) is 11.8. The fraction of sp³-hybridized carbons (Fsp3) is 0.267. The van der Waals surface area contributed by atoms with Gasteiger partial charge in [0.05, 0.1) is 0 Å². The monoisotopic (exact) mass is 228 g/mol. The molecule has 88 valence electrons. The molecule has 0 aliphatic carbocycles. The van der Waals surface area contributed by atoms with Gasteiger partial charge >= 0.3 is 0 Å². The maximum absolute atomic E-state index is 11.8. The number of furan rings is 1. The lowest BCUT2D eigenvalue weighted by molar-refractivity contribution is 0.0941. The minimum atomic E-state index is 0.0715. The topological polar surface area (TPSA) is 30.2 Å². The van der Waals surface area contributed by atoms with Gasteiger partial charge in [-0.05, 0) is 18.1 Å². The summed E-state index contributed by atoms with van der Waals surface area (Å²) in [6.07, 6.45) is 0.530. The van der Waals surface area contributed by atoms with E-state index in [-0.39, 0.29) is 5.78 Å². The molecule has 0 unspecified atom stereocenters. The molecule has 2 nitrogen and oxygen atoms in total. The van der Waals surface area contributed by atoms with Gasteiger partial charge in [-0.1, -0.05) is 44.2 Å². The molecule has 0 fully saturated rings. The summed E-state index contributed by atoms with van der Waals surface area (Å²) in [5, 5.41) is 0. The van der Waals surface area contributed by atoms with E-state index in [0.717, 1.165) is 11.3 Å². The number of Topliss-reactive ketones (excluding diaryl/α,β-unsaturated/α-hetero) is 1. The quantitative estimate of drug-likeness (QED) is 0.735. The van der Waals surface area contributed by atoms with Crippen LogP contribution in [0.3, 0.4) is 0 Å². The number of hydrogen-bond donors (Lipinski definition) is 0. The molecule has 17 heavy (non-hydrogen) atoms.